The fourth-order valence-electron chi connectivity index (χ4n) is 2.82. The van der Waals surface area contributed by atoms with E-state index in [1.807, 2.05) is 52.2 Å². The van der Waals surface area contributed by atoms with Crippen molar-refractivity contribution < 1.29 is 4.79 Å². The zero-order valence-electron chi connectivity index (χ0n) is 12.0. The molecule has 2 aromatic rings. The average Bonchev–Trinajstić information content (AvgIpc) is 2.95. The number of carbonyl (C=O) groups excluding carboxylic acids is 1. The molecule has 21 heavy (non-hydrogen) atoms. The summed E-state index contributed by atoms with van der Waals surface area (Å²) in [4.78, 5) is 14.3. The van der Waals surface area contributed by atoms with Crippen LogP contribution in [0.2, 0.25) is 0 Å². The second kappa shape index (κ2) is 5.99. The zero-order chi connectivity index (χ0) is 14.7. The molecule has 1 saturated heterocycles. The topological polar surface area (TPSA) is 64.2 Å². The average molecular weight is 284 g/mol. The van der Waals surface area contributed by atoms with Crippen molar-refractivity contribution in [1.82, 2.24) is 14.7 Å². The molecular weight excluding hydrogens is 264 g/mol. The van der Waals surface area contributed by atoms with Gasteiger partial charge in [0, 0.05) is 19.3 Å². The molecular formula is C16H20N4O. The fourth-order valence-corrected chi connectivity index (χ4v) is 2.82. The number of hydrogen-bond donors (Lipinski definition) is 1. The van der Waals surface area contributed by atoms with Crippen LogP contribution >= 0.6 is 0 Å². The highest BCUT2D eigenvalue weighted by Gasteiger charge is 2.24. The Morgan fingerprint density at radius 2 is 1.90 bits per heavy atom. The predicted molar refractivity (Wildman–Crippen MR) is 81.6 cm³/mol. The van der Waals surface area contributed by atoms with Gasteiger partial charge in [-0.2, -0.15) is 5.10 Å². The highest BCUT2D eigenvalue weighted by molar-refractivity contribution is 5.78. The Balaban J connectivity index is 1.54. The Hall–Kier alpha value is -2.30. The molecule has 1 aromatic heterocycles. The number of nitrogens with zero attached hydrogens (tertiary/aromatic N) is 3. The van der Waals surface area contributed by atoms with Crippen molar-refractivity contribution in [2.24, 2.45) is 0 Å². The van der Waals surface area contributed by atoms with Gasteiger partial charge in [-0.05, 0) is 24.5 Å². The predicted octanol–water partition coefficient (Wildman–Crippen LogP) is 1.87. The van der Waals surface area contributed by atoms with E-state index in [0.717, 1.165) is 31.5 Å². The summed E-state index contributed by atoms with van der Waals surface area (Å²) in [5.41, 5.74) is 6.72. The van der Waals surface area contributed by atoms with Gasteiger partial charge < -0.3 is 10.6 Å². The minimum absolute atomic E-state index is 0.208. The van der Waals surface area contributed by atoms with Crippen molar-refractivity contribution in [2.45, 2.75) is 25.3 Å². The number of nitrogen functional groups attached to an aromatic ring is 1. The van der Waals surface area contributed by atoms with Crippen LogP contribution in [-0.2, 0) is 11.2 Å². The Morgan fingerprint density at radius 3 is 2.52 bits per heavy atom. The van der Waals surface area contributed by atoms with E-state index < -0.39 is 0 Å². The lowest BCUT2D eigenvalue weighted by Crippen LogP contribution is -2.40. The summed E-state index contributed by atoms with van der Waals surface area (Å²) in [6, 6.07) is 12.1. The highest BCUT2D eigenvalue weighted by Crippen LogP contribution is 2.22. The van der Waals surface area contributed by atoms with Gasteiger partial charge in [-0.3, -0.25) is 9.48 Å². The maximum absolute atomic E-state index is 12.3. The van der Waals surface area contributed by atoms with Crippen LogP contribution in [0.5, 0.6) is 0 Å². The molecule has 0 atom stereocenters. The van der Waals surface area contributed by atoms with Crippen molar-refractivity contribution >= 4 is 11.7 Å². The molecule has 0 aliphatic carbocycles. The van der Waals surface area contributed by atoms with Gasteiger partial charge in [-0.25, -0.2) is 0 Å². The molecule has 1 aliphatic rings. The van der Waals surface area contributed by atoms with Crippen molar-refractivity contribution in [3.05, 3.63) is 48.2 Å². The van der Waals surface area contributed by atoms with Crippen molar-refractivity contribution in [1.29, 1.82) is 0 Å². The first-order chi connectivity index (χ1) is 10.2. The van der Waals surface area contributed by atoms with Crippen LogP contribution in [0.3, 0.4) is 0 Å². The van der Waals surface area contributed by atoms with E-state index in [1.165, 1.54) is 0 Å². The van der Waals surface area contributed by atoms with Gasteiger partial charge in [0.15, 0.2) is 0 Å². The molecule has 110 valence electrons. The third-order valence-corrected chi connectivity index (χ3v) is 4.02. The fraction of sp³-hybridized carbons (Fsp3) is 0.375. The van der Waals surface area contributed by atoms with Crippen LogP contribution in [0.1, 0.15) is 24.4 Å². The molecule has 3 rings (SSSR count). The number of piperidine rings is 1. The quantitative estimate of drug-likeness (QED) is 0.936. The molecule has 1 amide bonds. The minimum Gasteiger partial charge on any atom is -0.382 e. The van der Waals surface area contributed by atoms with Gasteiger partial charge in [0.1, 0.15) is 5.82 Å². The third kappa shape index (κ3) is 3.24. The molecule has 2 heterocycles. The zero-order valence-corrected chi connectivity index (χ0v) is 12.0. The first-order valence-corrected chi connectivity index (χ1v) is 7.35. The van der Waals surface area contributed by atoms with Gasteiger partial charge in [-0.15, -0.1) is 0 Å². The Bertz CT molecular complexity index is 600. The number of benzene rings is 1. The Kier molecular flexibility index (Phi) is 3.90. The summed E-state index contributed by atoms with van der Waals surface area (Å²) in [5.74, 6) is 0.761. The monoisotopic (exact) mass is 284 g/mol. The third-order valence-electron chi connectivity index (χ3n) is 4.02. The Labute approximate surface area is 124 Å². The molecule has 5 heteroatoms. The number of aromatic nitrogens is 2. The van der Waals surface area contributed by atoms with E-state index in [0.29, 0.717) is 18.3 Å². The van der Waals surface area contributed by atoms with E-state index in [2.05, 4.69) is 5.10 Å². The number of anilines is 1. The number of amides is 1. The van der Waals surface area contributed by atoms with Crippen LogP contribution in [0.15, 0.2) is 42.6 Å². The van der Waals surface area contributed by atoms with E-state index in [-0.39, 0.29) is 5.91 Å². The number of carbonyl (C=O) groups is 1. The lowest BCUT2D eigenvalue weighted by molar-refractivity contribution is -0.131. The van der Waals surface area contributed by atoms with E-state index in [9.17, 15) is 4.79 Å². The molecule has 0 unspecified atom stereocenters. The van der Waals surface area contributed by atoms with Gasteiger partial charge in [0.2, 0.25) is 5.91 Å². The summed E-state index contributed by atoms with van der Waals surface area (Å²) in [6.45, 7) is 1.58. The van der Waals surface area contributed by atoms with Gasteiger partial charge in [-0.1, -0.05) is 30.3 Å². The van der Waals surface area contributed by atoms with Gasteiger partial charge in [0.25, 0.3) is 0 Å². The number of likely N-dealkylation sites (tertiary alicyclic amines) is 1. The van der Waals surface area contributed by atoms with Crippen LogP contribution in [-0.4, -0.2) is 33.7 Å². The molecule has 0 radical (unpaired) electrons. The van der Waals surface area contributed by atoms with Gasteiger partial charge >= 0.3 is 0 Å². The van der Waals surface area contributed by atoms with E-state index in [4.69, 9.17) is 5.73 Å². The van der Waals surface area contributed by atoms with E-state index in [1.54, 1.807) is 0 Å². The van der Waals surface area contributed by atoms with Crippen LogP contribution < -0.4 is 5.73 Å². The second-order valence-electron chi connectivity index (χ2n) is 5.49. The molecule has 0 bridgehead atoms. The number of nitrogens with two attached hydrogens (primary N) is 1. The lowest BCUT2D eigenvalue weighted by Gasteiger charge is -2.32. The lowest BCUT2D eigenvalue weighted by atomic mass is 10.0. The first-order valence-electron chi connectivity index (χ1n) is 7.35. The number of rotatable bonds is 3. The molecule has 2 N–H and O–H groups in total. The second-order valence-corrected chi connectivity index (χ2v) is 5.49. The Morgan fingerprint density at radius 1 is 1.19 bits per heavy atom. The van der Waals surface area contributed by atoms with Crippen molar-refractivity contribution in [3.63, 3.8) is 0 Å². The van der Waals surface area contributed by atoms with Gasteiger partial charge in [0.05, 0.1) is 12.5 Å². The SMILES string of the molecule is Nc1ccn(C2CCN(C(=O)Cc3ccccc3)CC2)n1. The standard InChI is InChI=1S/C16H20N4O/c17-15-8-11-20(18-15)14-6-9-19(10-7-14)16(21)12-13-4-2-1-3-5-13/h1-5,8,11,14H,6-7,9-10,12H2,(H2,17,18). The van der Waals surface area contributed by atoms with Crippen LogP contribution in [0.25, 0.3) is 0 Å². The minimum atomic E-state index is 0.208. The molecule has 1 aromatic carbocycles. The summed E-state index contributed by atoms with van der Waals surface area (Å²) >= 11 is 0. The molecule has 1 fully saturated rings. The maximum atomic E-state index is 12.3. The van der Waals surface area contributed by atoms with Crippen molar-refractivity contribution in [2.75, 3.05) is 18.8 Å². The van der Waals surface area contributed by atoms with Crippen LogP contribution in [0.4, 0.5) is 5.82 Å². The van der Waals surface area contributed by atoms with E-state index >= 15 is 0 Å². The smallest absolute Gasteiger partial charge is 0.226 e. The van der Waals surface area contributed by atoms with Crippen molar-refractivity contribution in [3.8, 4) is 0 Å². The molecule has 0 saturated carbocycles. The molecule has 0 spiro atoms. The molecule has 5 nitrogen and oxygen atoms in total. The number of hydrogen-bond acceptors (Lipinski definition) is 3. The summed E-state index contributed by atoms with van der Waals surface area (Å²) in [6.07, 6.45) is 4.27. The van der Waals surface area contributed by atoms with Crippen LogP contribution in [0, 0.1) is 0 Å². The summed E-state index contributed by atoms with van der Waals surface area (Å²) in [5, 5.41) is 4.26. The molecule has 1 aliphatic heterocycles. The highest BCUT2D eigenvalue weighted by atomic mass is 16.2. The summed E-state index contributed by atoms with van der Waals surface area (Å²) in [7, 11) is 0. The normalized spacial score (nSPS) is 16.1. The largest absolute Gasteiger partial charge is 0.382 e. The maximum Gasteiger partial charge on any atom is 0.226 e. The summed E-state index contributed by atoms with van der Waals surface area (Å²) < 4.78 is 1.92. The first kappa shape index (κ1) is 13.7.